The molecule has 1 saturated heterocycles. The monoisotopic (exact) mass is 387 g/mol. The van der Waals surface area contributed by atoms with E-state index in [0.29, 0.717) is 17.1 Å². The topological polar surface area (TPSA) is 89.5 Å². The number of nitrogens with two attached hydrogens (primary N) is 1. The summed E-state index contributed by atoms with van der Waals surface area (Å²) in [5.74, 6) is -0.625. The second kappa shape index (κ2) is 7.14. The van der Waals surface area contributed by atoms with E-state index in [9.17, 15) is 9.59 Å². The number of thiophene rings is 1. The smallest absolute Gasteiger partial charge is 0.280 e. The van der Waals surface area contributed by atoms with Crippen molar-refractivity contribution in [2.24, 2.45) is 5.73 Å². The fraction of sp³-hybridized carbons (Fsp3) is 0.278. The minimum atomic E-state index is -0.526. The largest absolute Gasteiger partial charge is 0.366 e. The Morgan fingerprint density at radius 3 is 2.96 bits per heavy atom. The minimum Gasteiger partial charge on any atom is -0.366 e. The van der Waals surface area contributed by atoms with E-state index >= 15 is 0 Å². The van der Waals surface area contributed by atoms with Crippen molar-refractivity contribution in [1.29, 1.82) is 0 Å². The minimum absolute atomic E-state index is 0.0991. The normalized spacial score (nSPS) is 19.7. The molecule has 4 N–H and O–H groups in total. The van der Waals surface area contributed by atoms with E-state index in [4.69, 9.17) is 10.7 Å². The molecule has 134 valence electrons. The zero-order chi connectivity index (χ0) is 18.1. The summed E-state index contributed by atoms with van der Waals surface area (Å²) >= 11 is 3.03. The Labute approximate surface area is 158 Å². The number of quaternary nitrogens is 1. The lowest BCUT2D eigenvalue weighted by molar-refractivity contribution is -0.910. The molecule has 2 amide bonds. The molecule has 0 aliphatic carbocycles. The molecule has 0 radical (unpaired) electrons. The summed E-state index contributed by atoms with van der Waals surface area (Å²) in [4.78, 5) is 29.9. The Hall–Kier alpha value is -2.29. The van der Waals surface area contributed by atoms with Gasteiger partial charge in [0.05, 0.1) is 22.3 Å². The molecule has 1 aromatic carbocycles. The number of nitrogens with zero attached hydrogens (tertiary/aromatic N) is 1. The van der Waals surface area contributed by atoms with E-state index in [0.717, 1.165) is 29.9 Å². The zero-order valence-corrected chi connectivity index (χ0v) is 15.7. The second-order valence-corrected chi connectivity index (χ2v) is 8.35. The molecule has 4 rings (SSSR count). The SMILES string of the molecule is NC(=O)c1ccsc1NC(=O)C[NH+]1CCC[C@@H]1c1nc2ccccc2s1. The number of fused-ring (bicyclic) bond motifs is 1. The summed E-state index contributed by atoms with van der Waals surface area (Å²) in [5, 5.41) is 6.21. The van der Waals surface area contributed by atoms with Crippen LogP contribution < -0.4 is 16.0 Å². The predicted octanol–water partition coefficient (Wildman–Crippen LogP) is 1.82. The van der Waals surface area contributed by atoms with Crippen molar-refractivity contribution in [2.75, 3.05) is 18.4 Å². The van der Waals surface area contributed by atoms with Gasteiger partial charge in [-0.1, -0.05) is 12.1 Å². The highest BCUT2D eigenvalue weighted by Crippen LogP contribution is 2.28. The molecule has 3 aromatic rings. The van der Waals surface area contributed by atoms with Crippen LogP contribution in [0.1, 0.15) is 34.2 Å². The Balaban J connectivity index is 1.47. The highest BCUT2D eigenvalue weighted by Gasteiger charge is 2.34. The number of hydrogen-bond donors (Lipinski definition) is 3. The van der Waals surface area contributed by atoms with Crippen LogP contribution >= 0.6 is 22.7 Å². The van der Waals surface area contributed by atoms with Crippen molar-refractivity contribution in [3.05, 3.63) is 46.3 Å². The van der Waals surface area contributed by atoms with Crippen LogP contribution in [0, 0.1) is 0 Å². The average molecular weight is 388 g/mol. The van der Waals surface area contributed by atoms with Crippen LogP contribution in [0.4, 0.5) is 5.00 Å². The van der Waals surface area contributed by atoms with Gasteiger partial charge in [-0.15, -0.1) is 22.7 Å². The molecular formula is C18H19N4O2S2+. The van der Waals surface area contributed by atoms with Crippen LogP contribution in [0.2, 0.25) is 0 Å². The van der Waals surface area contributed by atoms with Crippen LogP contribution in [0.25, 0.3) is 10.2 Å². The molecule has 0 bridgehead atoms. The number of aromatic nitrogens is 1. The van der Waals surface area contributed by atoms with Gasteiger partial charge >= 0.3 is 0 Å². The van der Waals surface area contributed by atoms with E-state index in [2.05, 4.69) is 11.4 Å². The van der Waals surface area contributed by atoms with Gasteiger partial charge in [0.15, 0.2) is 11.6 Å². The highest BCUT2D eigenvalue weighted by molar-refractivity contribution is 7.18. The van der Waals surface area contributed by atoms with Gasteiger partial charge in [-0.3, -0.25) is 9.59 Å². The van der Waals surface area contributed by atoms with Gasteiger partial charge in [0.25, 0.3) is 11.8 Å². The number of para-hydroxylation sites is 1. The van der Waals surface area contributed by atoms with Gasteiger partial charge in [-0.25, -0.2) is 4.98 Å². The standard InChI is InChI=1S/C18H18N4O2S2/c19-16(24)11-7-9-25-17(11)21-15(23)10-22-8-3-5-13(22)18-20-12-4-1-2-6-14(12)26-18/h1-2,4,6-7,9,13H,3,5,8,10H2,(H2,19,24)(H,21,23)/p+1/t13-/m1/s1. The third-order valence-corrected chi connectivity index (χ3v) is 6.64. The number of carbonyl (C=O) groups is 2. The van der Waals surface area contributed by atoms with E-state index < -0.39 is 5.91 Å². The molecule has 0 saturated carbocycles. The van der Waals surface area contributed by atoms with Gasteiger partial charge < -0.3 is 16.0 Å². The zero-order valence-electron chi connectivity index (χ0n) is 14.0. The first-order valence-corrected chi connectivity index (χ1v) is 10.2. The molecule has 1 aliphatic rings. The molecule has 2 aromatic heterocycles. The molecule has 1 aliphatic heterocycles. The summed E-state index contributed by atoms with van der Waals surface area (Å²) in [6.45, 7) is 1.30. The van der Waals surface area contributed by atoms with Crippen molar-refractivity contribution < 1.29 is 14.5 Å². The summed E-state index contributed by atoms with van der Waals surface area (Å²) in [5.41, 5.74) is 6.72. The maximum atomic E-state index is 12.5. The number of nitrogens with one attached hydrogen (secondary N) is 2. The number of hydrogen-bond acceptors (Lipinski definition) is 5. The third-order valence-electron chi connectivity index (χ3n) is 4.66. The molecule has 3 heterocycles. The number of benzene rings is 1. The fourth-order valence-electron chi connectivity index (χ4n) is 3.44. The Bertz CT molecular complexity index is 932. The molecule has 8 heteroatoms. The fourth-order valence-corrected chi connectivity index (χ4v) is 5.41. The number of thiazole rings is 1. The van der Waals surface area contributed by atoms with Gasteiger partial charge in [0.1, 0.15) is 11.0 Å². The van der Waals surface area contributed by atoms with Crippen molar-refractivity contribution in [2.45, 2.75) is 18.9 Å². The maximum Gasteiger partial charge on any atom is 0.280 e. The Kier molecular flexibility index (Phi) is 4.71. The van der Waals surface area contributed by atoms with E-state index in [1.807, 2.05) is 18.2 Å². The molecule has 1 unspecified atom stereocenters. The Morgan fingerprint density at radius 1 is 1.31 bits per heavy atom. The van der Waals surface area contributed by atoms with E-state index in [-0.39, 0.29) is 11.9 Å². The molecule has 2 atom stereocenters. The van der Waals surface area contributed by atoms with Crippen molar-refractivity contribution in [1.82, 2.24) is 4.98 Å². The van der Waals surface area contributed by atoms with Crippen LogP contribution in [0.15, 0.2) is 35.7 Å². The number of anilines is 1. The number of amides is 2. The van der Waals surface area contributed by atoms with Crippen molar-refractivity contribution in [3.63, 3.8) is 0 Å². The first-order chi connectivity index (χ1) is 12.6. The van der Waals surface area contributed by atoms with Gasteiger partial charge in [-0.2, -0.15) is 0 Å². The first-order valence-electron chi connectivity index (χ1n) is 8.49. The summed E-state index contributed by atoms with van der Waals surface area (Å²) < 4.78 is 1.18. The predicted molar refractivity (Wildman–Crippen MR) is 104 cm³/mol. The van der Waals surface area contributed by atoms with E-state index in [1.54, 1.807) is 22.8 Å². The van der Waals surface area contributed by atoms with Crippen molar-refractivity contribution in [3.8, 4) is 0 Å². The number of likely N-dealkylation sites (tertiary alicyclic amines) is 1. The molecular weight excluding hydrogens is 368 g/mol. The number of rotatable bonds is 5. The Morgan fingerprint density at radius 2 is 2.15 bits per heavy atom. The first kappa shape index (κ1) is 17.1. The van der Waals surface area contributed by atoms with Gasteiger partial charge in [0.2, 0.25) is 0 Å². The molecule has 6 nitrogen and oxygen atoms in total. The number of carbonyl (C=O) groups excluding carboxylic acids is 2. The third kappa shape index (κ3) is 3.35. The second-order valence-electron chi connectivity index (χ2n) is 6.38. The highest BCUT2D eigenvalue weighted by atomic mass is 32.1. The average Bonchev–Trinajstić information content (AvgIpc) is 3.32. The van der Waals surface area contributed by atoms with Crippen LogP contribution in [-0.4, -0.2) is 29.9 Å². The van der Waals surface area contributed by atoms with Crippen LogP contribution in [0.3, 0.4) is 0 Å². The number of primary amides is 1. The van der Waals surface area contributed by atoms with Gasteiger partial charge in [0, 0.05) is 12.8 Å². The summed E-state index contributed by atoms with van der Waals surface area (Å²) in [7, 11) is 0. The molecule has 1 fully saturated rings. The maximum absolute atomic E-state index is 12.5. The molecule has 26 heavy (non-hydrogen) atoms. The van der Waals surface area contributed by atoms with E-state index in [1.165, 1.54) is 20.9 Å². The lowest BCUT2D eigenvalue weighted by Gasteiger charge is -2.19. The lowest BCUT2D eigenvalue weighted by Crippen LogP contribution is -3.11. The summed E-state index contributed by atoms with van der Waals surface area (Å²) in [6.07, 6.45) is 2.11. The lowest BCUT2D eigenvalue weighted by atomic mass is 10.2. The van der Waals surface area contributed by atoms with Crippen molar-refractivity contribution >= 4 is 49.7 Å². The summed E-state index contributed by atoms with van der Waals surface area (Å²) in [6, 6.07) is 10.0. The van der Waals surface area contributed by atoms with Crippen LogP contribution in [0.5, 0.6) is 0 Å². The molecule has 0 spiro atoms. The quantitative estimate of drug-likeness (QED) is 0.624. The van der Waals surface area contributed by atoms with Gasteiger partial charge in [-0.05, 0) is 23.6 Å². The van der Waals surface area contributed by atoms with Crippen LogP contribution in [-0.2, 0) is 4.79 Å².